The van der Waals surface area contributed by atoms with E-state index in [4.69, 9.17) is 0 Å². The molecule has 0 unspecified atom stereocenters. The summed E-state index contributed by atoms with van der Waals surface area (Å²) >= 11 is 0. The highest BCUT2D eigenvalue weighted by atomic mass is 16.4. The van der Waals surface area contributed by atoms with E-state index in [1.165, 1.54) is 51.4 Å². The lowest BCUT2D eigenvalue weighted by Crippen LogP contribution is -2.15. The lowest BCUT2D eigenvalue weighted by molar-refractivity contribution is -0.133. The van der Waals surface area contributed by atoms with E-state index >= 15 is 0 Å². The van der Waals surface area contributed by atoms with E-state index in [2.05, 4.69) is 11.8 Å². The number of hydrogen-bond acceptors (Lipinski definition) is 1. The molecule has 2 nitrogen and oxygen atoms in total. The first kappa shape index (κ1) is 13.4. The van der Waals surface area contributed by atoms with Gasteiger partial charge in [0.2, 0.25) is 0 Å². The van der Waals surface area contributed by atoms with E-state index in [1.54, 1.807) is 0 Å². The first-order valence-corrected chi connectivity index (χ1v) is 7.47. The summed E-state index contributed by atoms with van der Waals surface area (Å²) in [5.41, 5.74) is 3.69. The Hall–Kier alpha value is -1.01. The van der Waals surface area contributed by atoms with Crippen molar-refractivity contribution in [3.63, 3.8) is 0 Å². The van der Waals surface area contributed by atoms with Gasteiger partial charge < -0.3 is 5.11 Å². The summed E-state index contributed by atoms with van der Waals surface area (Å²) in [6.07, 6.45) is 14.1. The smallest absolute Gasteiger partial charge is 0.339 e. The first-order valence-electron chi connectivity index (χ1n) is 7.47. The highest BCUT2D eigenvalue weighted by molar-refractivity contribution is 5.86. The average molecular weight is 248 g/mol. The van der Waals surface area contributed by atoms with Crippen LogP contribution in [0.25, 0.3) is 0 Å². The standard InChI is InChI=1S/C16H24O2/c17-16(18)15(14-9-5-2-6-10-14)12-11-13-7-3-1-4-8-13/h11,13-14H,1-10H2,(H,17,18). The lowest BCUT2D eigenvalue weighted by Gasteiger charge is -2.21. The molecule has 0 aliphatic heterocycles. The Bertz CT molecular complexity index is 338. The Balaban J connectivity index is 2.07. The molecule has 0 bridgehead atoms. The molecule has 2 heteroatoms. The molecule has 100 valence electrons. The molecular formula is C16H24O2. The highest BCUT2D eigenvalue weighted by Gasteiger charge is 2.22. The van der Waals surface area contributed by atoms with Gasteiger partial charge in [0.1, 0.15) is 0 Å². The highest BCUT2D eigenvalue weighted by Crippen LogP contribution is 2.30. The summed E-state index contributed by atoms with van der Waals surface area (Å²) in [5, 5.41) is 9.34. The van der Waals surface area contributed by atoms with Crippen LogP contribution >= 0.6 is 0 Å². The zero-order chi connectivity index (χ0) is 12.8. The average Bonchev–Trinajstić information content (AvgIpc) is 2.41. The summed E-state index contributed by atoms with van der Waals surface area (Å²) in [6.45, 7) is 0. The van der Waals surface area contributed by atoms with Gasteiger partial charge in [0.15, 0.2) is 0 Å². The van der Waals surface area contributed by atoms with Gasteiger partial charge in [0.05, 0.1) is 5.57 Å². The monoisotopic (exact) mass is 248 g/mol. The van der Waals surface area contributed by atoms with Crippen molar-refractivity contribution in [2.45, 2.75) is 64.2 Å². The summed E-state index contributed by atoms with van der Waals surface area (Å²) in [4.78, 5) is 11.4. The number of carboxylic acids is 1. The minimum absolute atomic E-state index is 0.246. The van der Waals surface area contributed by atoms with Crippen LogP contribution in [-0.4, -0.2) is 11.1 Å². The number of carboxylic acid groups (broad SMARTS) is 1. The summed E-state index contributed by atoms with van der Waals surface area (Å²) < 4.78 is 0. The normalized spacial score (nSPS) is 22.2. The fraction of sp³-hybridized carbons (Fsp3) is 0.750. The van der Waals surface area contributed by atoms with Crippen molar-refractivity contribution in [2.75, 3.05) is 0 Å². The summed E-state index contributed by atoms with van der Waals surface area (Å²) in [7, 11) is 0. The fourth-order valence-electron chi connectivity index (χ4n) is 3.25. The van der Waals surface area contributed by atoms with Crippen LogP contribution in [0, 0.1) is 11.8 Å². The van der Waals surface area contributed by atoms with Crippen LogP contribution in [0.15, 0.2) is 17.4 Å². The van der Waals surface area contributed by atoms with Gasteiger partial charge in [-0.05, 0) is 43.6 Å². The molecular weight excluding hydrogens is 224 g/mol. The van der Waals surface area contributed by atoms with Crippen molar-refractivity contribution in [3.8, 4) is 0 Å². The number of rotatable bonds is 3. The van der Waals surface area contributed by atoms with Crippen LogP contribution in [0.3, 0.4) is 0 Å². The van der Waals surface area contributed by atoms with Crippen LogP contribution < -0.4 is 0 Å². The third-order valence-corrected chi connectivity index (χ3v) is 4.37. The fourth-order valence-corrected chi connectivity index (χ4v) is 3.25. The number of carbonyl (C=O) groups is 1. The Morgan fingerprint density at radius 1 is 0.944 bits per heavy atom. The van der Waals surface area contributed by atoms with Crippen molar-refractivity contribution < 1.29 is 9.90 Å². The van der Waals surface area contributed by atoms with Crippen LogP contribution in [0.2, 0.25) is 0 Å². The second kappa shape index (κ2) is 6.80. The Morgan fingerprint density at radius 2 is 1.50 bits per heavy atom. The zero-order valence-electron chi connectivity index (χ0n) is 11.2. The number of aliphatic carboxylic acids is 1. The van der Waals surface area contributed by atoms with E-state index in [0.29, 0.717) is 11.5 Å². The molecule has 0 amide bonds. The SMILES string of the molecule is O=C(O)C(=C=CC1CCCCC1)C1CCCCC1. The number of hydrogen-bond donors (Lipinski definition) is 1. The van der Waals surface area contributed by atoms with Gasteiger partial charge in [-0.3, -0.25) is 0 Å². The van der Waals surface area contributed by atoms with E-state index in [1.807, 2.05) is 0 Å². The molecule has 0 heterocycles. The molecule has 2 fully saturated rings. The van der Waals surface area contributed by atoms with Crippen LogP contribution in [-0.2, 0) is 4.79 Å². The second-order valence-electron chi connectivity index (χ2n) is 5.76. The van der Waals surface area contributed by atoms with Crippen molar-refractivity contribution >= 4 is 5.97 Å². The zero-order valence-corrected chi connectivity index (χ0v) is 11.2. The van der Waals surface area contributed by atoms with E-state index in [0.717, 1.165) is 12.8 Å². The maximum Gasteiger partial charge on any atom is 0.339 e. The predicted molar refractivity (Wildman–Crippen MR) is 72.4 cm³/mol. The maximum absolute atomic E-state index is 11.4. The van der Waals surface area contributed by atoms with Crippen molar-refractivity contribution in [3.05, 3.63) is 17.4 Å². The molecule has 2 saturated carbocycles. The van der Waals surface area contributed by atoms with Gasteiger partial charge in [-0.2, -0.15) is 0 Å². The molecule has 0 spiro atoms. The summed E-state index contributed by atoms with van der Waals surface area (Å²) in [5.74, 6) is 0.0572. The van der Waals surface area contributed by atoms with Crippen LogP contribution in [0.4, 0.5) is 0 Å². The lowest BCUT2D eigenvalue weighted by atomic mass is 9.83. The van der Waals surface area contributed by atoms with Gasteiger partial charge in [-0.25, -0.2) is 4.79 Å². The van der Waals surface area contributed by atoms with Crippen molar-refractivity contribution in [1.29, 1.82) is 0 Å². The van der Waals surface area contributed by atoms with Gasteiger partial charge in [0.25, 0.3) is 0 Å². The van der Waals surface area contributed by atoms with Gasteiger partial charge in [-0.1, -0.05) is 38.5 Å². The van der Waals surface area contributed by atoms with Crippen LogP contribution in [0.5, 0.6) is 0 Å². The minimum atomic E-state index is -0.756. The van der Waals surface area contributed by atoms with E-state index in [-0.39, 0.29) is 5.92 Å². The molecule has 1 N–H and O–H groups in total. The third kappa shape index (κ3) is 3.74. The molecule has 0 radical (unpaired) electrons. The van der Waals surface area contributed by atoms with Gasteiger partial charge >= 0.3 is 5.97 Å². The molecule has 0 saturated heterocycles. The molecule has 2 aliphatic carbocycles. The Labute approximate surface area is 110 Å². The predicted octanol–water partition coefficient (Wildman–Crippen LogP) is 4.31. The van der Waals surface area contributed by atoms with Crippen molar-refractivity contribution in [2.24, 2.45) is 11.8 Å². The minimum Gasteiger partial charge on any atom is -0.477 e. The van der Waals surface area contributed by atoms with Gasteiger partial charge in [0, 0.05) is 0 Å². The van der Waals surface area contributed by atoms with E-state index < -0.39 is 5.97 Å². The molecule has 2 aliphatic rings. The van der Waals surface area contributed by atoms with Crippen molar-refractivity contribution in [1.82, 2.24) is 0 Å². The summed E-state index contributed by atoms with van der Waals surface area (Å²) in [6, 6.07) is 0. The molecule has 2 rings (SSSR count). The van der Waals surface area contributed by atoms with E-state index in [9.17, 15) is 9.90 Å². The second-order valence-corrected chi connectivity index (χ2v) is 5.76. The molecule has 0 atom stereocenters. The maximum atomic E-state index is 11.4. The van der Waals surface area contributed by atoms with Crippen LogP contribution in [0.1, 0.15) is 64.2 Å². The molecule has 18 heavy (non-hydrogen) atoms. The topological polar surface area (TPSA) is 37.3 Å². The third-order valence-electron chi connectivity index (χ3n) is 4.37. The first-order chi connectivity index (χ1) is 8.77. The molecule has 0 aromatic carbocycles. The van der Waals surface area contributed by atoms with Gasteiger partial charge in [-0.15, -0.1) is 5.73 Å². The molecule has 0 aromatic heterocycles. The molecule has 0 aromatic rings. The Kier molecular flexibility index (Phi) is 5.07. The largest absolute Gasteiger partial charge is 0.477 e. The quantitative estimate of drug-likeness (QED) is 0.597. The Morgan fingerprint density at radius 3 is 2.06 bits per heavy atom.